The van der Waals surface area contributed by atoms with E-state index in [9.17, 15) is 0 Å². The van der Waals surface area contributed by atoms with Crippen LogP contribution in [-0.4, -0.2) is 5.71 Å². The summed E-state index contributed by atoms with van der Waals surface area (Å²) in [6.07, 6.45) is 0. The summed E-state index contributed by atoms with van der Waals surface area (Å²) in [6.45, 7) is 4.01. The van der Waals surface area contributed by atoms with Gasteiger partial charge in [-0.15, -0.1) is 0 Å². The largest absolute Gasteiger partial charge is 0.252 e. The van der Waals surface area contributed by atoms with Crippen molar-refractivity contribution in [1.82, 2.24) is 0 Å². The number of aliphatic imine (C=N–C) groups is 1. The van der Waals surface area contributed by atoms with E-state index >= 15 is 0 Å². The Kier molecular flexibility index (Phi) is 3.54. The molecule has 0 aromatic heterocycles. The zero-order valence-corrected chi connectivity index (χ0v) is 10.5. The molecule has 0 bridgehead atoms. The van der Waals surface area contributed by atoms with Crippen molar-refractivity contribution in [3.63, 3.8) is 0 Å². The smallest absolute Gasteiger partial charge is 0.101 e. The molecule has 88 valence electrons. The van der Waals surface area contributed by atoms with Crippen molar-refractivity contribution in [2.24, 2.45) is 4.99 Å². The van der Waals surface area contributed by atoms with E-state index in [1.165, 1.54) is 5.56 Å². The van der Waals surface area contributed by atoms with Crippen molar-refractivity contribution < 1.29 is 0 Å². The molecule has 18 heavy (non-hydrogen) atoms. The average molecular weight is 234 g/mol. The van der Waals surface area contributed by atoms with Crippen molar-refractivity contribution in [2.45, 2.75) is 13.8 Å². The van der Waals surface area contributed by atoms with Crippen LogP contribution in [0.5, 0.6) is 0 Å². The minimum absolute atomic E-state index is 0.601. The Hall–Kier alpha value is -2.40. The van der Waals surface area contributed by atoms with Crippen molar-refractivity contribution in [2.75, 3.05) is 0 Å². The lowest BCUT2D eigenvalue weighted by Crippen LogP contribution is -1.94. The molecule has 0 aliphatic heterocycles. The summed E-state index contributed by atoms with van der Waals surface area (Å²) in [6, 6.07) is 17.7. The van der Waals surface area contributed by atoms with Crippen LogP contribution in [0.4, 0.5) is 5.69 Å². The van der Waals surface area contributed by atoms with E-state index in [1.807, 2.05) is 37.3 Å². The maximum atomic E-state index is 9.02. The zero-order chi connectivity index (χ0) is 13.0. The van der Waals surface area contributed by atoms with Gasteiger partial charge in [0.05, 0.1) is 11.3 Å². The lowest BCUT2D eigenvalue weighted by molar-refractivity contribution is 1.41. The normalized spacial score (nSPS) is 11.1. The molecule has 0 aliphatic carbocycles. The Labute approximate surface area is 107 Å². The molecule has 0 saturated carbocycles. The SMILES string of the molecule is CC(=Nc1ccccc1C#N)c1ccc(C)cc1. The second-order valence-corrected chi connectivity index (χ2v) is 4.19. The van der Waals surface area contributed by atoms with Crippen LogP contribution in [0, 0.1) is 18.3 Å². The predicted octanol–water partition coefficient (Wildman–Crippen LogP) is 4.01. The van der Waals surface area contributed by atoms with Gasteiger partial charge in [-0.2, -0.15) is 5.26 Å². The summed E-state index contributed by atoms with van der Waals surface area (Å²) >= 11 is 0. The van der Waals surface area contributed by atoms with E-state index in [0.29, 0.717) is 5.56 Å². The molecule has 0 atom stereocenters. The van der Waals surface area contributed by atoms with Gasteiger partial charge in [0.15, 0.2) is 0 Å². The molecule has 0 N–H and O–H groups in total. The molecule has 2 aromatic carbocycles. The van der Waals surface area contributed by atoms with Crippen LogP contribution in [0.3, 0.4) is 0 Å². The summed E-state index contributed by atoms with van der Waals surface area (Å²) in [5.41, 5.74) is 4.54. The third-order valence-corrected chi connectivity index (χ3v) is 2.78. The third-order valence-electron chi connectivity index (χ3n) is 2.78. The number of nitriles is 1. The van der Waals surface area contributed by atoms with Gasteiger partial charge in [-0.25, -0.2) is 0 Å². The molecule has 0 radical (unpaired) electrons. The molecule has 0 heterocycles. The number of nitrogens with zero attached hydrogens (tertiary/aromatic N) is 2. The number of para-hydroxylation sites is 1. The highest BCUT2D eigenvalue weighted by Gasteiger charge is 2.01. The van der Waals surface area contributed by atoms with Crippen molar-refractivity contribution in [3.8, 4) is 6.07 Å². The van der Waals surface area contributed by atoms with E-state index in [0.717, 1.165) is 17.0 Å². The third kappa shape index (κ3) is 2.64. The Morgan fingerprint density at radius 2 is 1.72 bits per heavy atom. The first-order valence-corrected chi connectivity index (χ1v) is 5.82. The second-order valence-electron chi connectivity index (χ2n) is 4.19. The van der Waals surface area contributed by atoms with Crippen LogP contribution in [-0.2, 0) is 0 Å². The first-order chi connectivity index (χ1) is 8.70. The molecule has 0 unspecified atom stereocenters. The fourth-order valence-corrected chi connectivity index (χ4v) is 1.71. The Balaban J connectivity index is 2.39. The molecular formula is C16H14N2. The highest BCUT2D eigenvalue weighted by Crippen LogP contribution is 2.19. The van der Waals surface area contributed by atoms with E-state index in [4.69, 9.17) is 5.26 Å². The van der Waals surface area contributed by atoms with Gasteiger partial charge >= 0.3 is 0 Å². The fourth-order valence-electron chi connectivity index (χ4n) is 1.71. The quantitative estimate of drug-likeness (QED) is 0.723. The molecule has 2 rings (SSSR count). The fraction of sp³-hybridized carbons (Fsp3) is 0.125. The summed E-state index contributed by atoms with van der Waals surface area (Å²) in [5.74, 6) is 0. The maximum absolute atomic E-state index is 9.02. The van der Waals surface area contributed by atoms with Gasteiger partial charge in [0.2, 0.25) is 0 Å². The molecule has 0 saturated heterocycles. The summed E-state index contributed by atoms with van der Waals surface area (Å²) in [4.78, 5) is 4.52. The lowest BCUT2D eigenvalue weighted by atomic mass is 10.1. The van der Waals surface area contributed by atoms with Gasteiger partial charge in [0.1, 0.15) is 6.07 Å². The predicted molar refractivity (Wildman–Crippen MR) is 74.2 cm³/mol. The lowest BCUT2D eigenvalue weighted by Gasteiger charge is -2.03. The van der Waals surface area contributed by atoms with Gasteiger partial charge in [0, 0.05) is 5.71 Å². The van der Waals surface area contributed by atoms with E-state index in [-0.39, 0.29) is 0 Å². The van der Waals surface area contributed by atoms with E-state index in [2.05, 4.69) is 30.1 Å². The topological polar surface area (TPSA) is 36.1 Å². The molecule has 2 heteroatoms. The van der Waals surface area contributed by atoms with Crippen LogP contribution in [0.15, 0.2) is 53.5 Å². The molecule has 0 spiro atoms. The molecule has 0 aliphatic rings. The Bertz CT molecular complexity index is 616. The van der Waals surface area contributed by atoms with Crippen molar-refractivity contribution in [3.05, 3.63) is 65.2 Å². The van der Waals surface area contributed by atoms with E-state index < -0.39 is 0 Å². The number of benzene rings is 2. The maximum Gasteiger partial charge on any atom is 0.101 e. The number of hydrogen-bond donors (Lipinski definition) is 0. The highest BCUT2D eigenvalue weighted by molar-refractivity contribution is 6.00. The molecule has 2 nitrogen and oxygen atoms in total. The molecular weight excluding hydrogens is 220 g/mol. The van der Waals surface area contributed by atoms with Crippen LogP contribution in [0.1, 0.15) is 23.6 Å². The second kappa shape index (κ2) is 5.29. The number of aryl methyl sites for hydroxylation is 1. The minimum atomic E-state index is 0.601. The first kappa shape index (κ1) is 12.1. The van der Waals surface area contributed by atoms with Gasteiger partial charge < -0.3 is 0 Å². The first-order valence-electron chi connectivity index (χ1n) is 5.82. The molecule has 2 aromatic rings. The Morgan fingerprint density at radius 1 is 1.06 bits per heavy atom. The van der Waals surface area contributed by atoms with Crippen LogP contribution in [0.2, 0.25) is 0 Å². The minimum Gasteiger partial charge on any atom is -0.252 e. The monoisotopic (exact) mass is 234 g/mol. The van der Waals surface area contributed by atoms with Gasteiger partial charge in [-0.05, 0) is 31.5 Å². The van der Waals surface area contributed by atoms with Crippen LogP contribution in [0.25, 0.3) is 0 Å². The number of rotatable bonds is 2. The molecule has 0 fully saturated rings. The van der Waals surface area contributed by atoms with Gasteiger partial charge in [-0.1, -0.05) is 42.0 Å². The Morgan fingerprint density at radius 3 is 2.39 bits per heavy atom. The van der Waals surface area contributed by atoms with Gasteiger partial charge in [-0.3, -0.25) is 4.99 Å². The highest BCUT2D eigenvalue weighted by atomic mass is 14.7. The van der Waals surface area contributed by atoms with Crippen molar-refractivity contribution in [1.29, 1.82) is 5.26 Å². The standard InChI is InChI=1S/C16H14N2/c1-12-7-9-14(10-8-12)13(2)18-16-6-4-3-5-15(16)11-17/h3-10H,1-2H3. The average Bonchev–Trinajstić information content (AvgIpc) is 2.40. The summed E-state index contributed by atoms with van der Waals surface area (Å²) in [5, 5.41) is 9.02. The summed E-state index contributed by atoms with van der Waals surface area (Å²) < 4.78 is 0. The van der Waals surface area contributed by atoms with Gasteiger partial charge in [0.25, 0.3) is 0 Å². The zero-order valence-electron chi connectivity index (χ0n) is 10.5. The van der Waals surface area contributed by atoms with E-state index in [1.54, 1.807) is 6.07 Å². The summed E-state index contributed by atoms with van der Waals surface area (Å²) in [7, 11) is 0. The van der Waals surface area contributed by atoms with Crippen LogP contribution >= 0.6 is 0 Å². The molecule has 0 amide bonds. The van der Waals surface area contributed by atoms with Crippen molar-refractivity contribution >= 4 is 11.4 Å². The van der Waals surface area contributed by atoms with Crippen LogP contribution < -0.4 is 0 Å². The number of hydrogen-bond acceptors (Lipinski definition) is 2.